The van der Waals surface area contributed by atoms with Crippen LogP contribution in [0, 0.1) is 0 Å². The van der Waals surface area contributed by atoms with Crippen molar-refractivity contribution in [2.24, 2.45) is 0 Å². The van der Waals surface area contributed by atoms with Crippen LogP contribution in [0.25, 0.3) is 22.5 Å². The van der Waals surface area contributed by atoms with E-state index in [0.717, 1.165) is 21.7 Å². The monoisotopic (exact) mass is 256 g/mol. The van der Waals surface area contributed by atoms with E-state index in [1.54, 1.807) is 0 Å². The van der Waals surface area contributed by atoms with Crippen molar-refractivity contribution in [2.75, 3.05) is 0 Å². The molecule has 1 heterocycles. The molecule has 0 radical (unpaired) electrons. The lowest BCUT2D eigenvalue weighted by Crippen LogP contribution is -1.83. The van der Waals surface area contributed by atoms with Crippen molar-refractivity contribution >= 4 is 11.6 Å². The summed E-state index contributed by atoms with van der Waals surface area (Å²) in [5.74, 6) is 0.584. The predicted molar refractivity (Wildman–Crippen MR) is 70.1 cm³/mol. The van der Waals surface area contributed by atoms with Gasteiger partial charge >= 0.3 is 0 Å². The molecule has 0 saturated heterocycles. The van der Waals surface area contributed by atoms with Crippen molar-refractivity contribution in [2.45, 2.75) is 0 Å². The maximum Gasteiger partial charge on any atom is 0.204 e. The van der Waals surface area contributed by atoms with E-state index in [4.69, 9.17) is 11.6 Å². The third kappa shape index (κ3) is 1.98. The number of halogens is 1. The van der Waals surface area contributed by atoms with Crippen LogP contribution < -0.4 is 0 Å². The molecule has 18 heavy (non-hydrogen) atoms. The standard InChI is InChI=1S/C13H9ClN4/c14-12-4-2-1-3-11(12)9-5-7-10(8-6-9)13-15-17-18-16-13/h1-8H,(H,15,16,17,18). The summed E-state index contributed by atoms with van der Waals surface area (Å²) < 4.78 is 0. The van der Waals surface area contributed by atoms with Gasteiger partial charge in [-0.3, -0.25) is 0 Å². The Bertz CT molecular complexity index is 647. The molecule has 1 aromatic heterocycles. The maximum absolute atomic E-state index is 6.16. The van der Waals surface area contributed by atoms with Gasteiger partial charge < -0.3 is 0 Å². The number of hydrogen-bond acceptors (Lipinski definition) is 3. The van der Waals surface area contributed by atoms with Crippen molar-refractivity contribution < 1.29 is 0 Å². The summed E-state index contributed by atoms with van der Waals surface area (Å²) >= 11 is 6.16. The lowest BCUT2D eigenvalue weighted by Gasteiger charge is -2.04. The van der Waals surface area contributed by atoms with Gasteiger partial charge in [0, 0.05) is 16.1 Å². The zero-order chi connectivity index (χ0) is 12.4. The normalized spacial score (nSPS) is 10.5. The Hall–Kier alpha value is -2.20. The van der Waals surface area contributed by atoms with Crippen LogP contribution in [-0.2, 0) is 0 Å². The van der Waals surface area contributed by atoms with Crippen LogP contribution in [-0.4, -0.2) is 20.6 Å². The fourth-order valence-corrected chi connectivity index (χ4v) is 2.02. The number of aromatic nitrogens is 4. The summed E-state index contributed by atoms with van der Waals surface area (Å²) in [6, 6.07) is 15.6. The second kappa shape index (κ2) is 4.58. The number of benzene rings is 2. The van der Waals surface area contributed by atoms with Crippen LogP contribution in [0.3, 0.4) is 0 Å². The summed E-state index contributed by atoms with van der Waals surface area (Å²) in [7, 11) is 0. The molecule has 0 aliphatic carbocycles. The van der Waals surface area contributed by atoms with Crippen LogP contribution in [0.4, 0.5) is 0 Å². The largest absolute Gasteiger partial charge is 0.204 e. The predicted octanol–water partition coefficient (Wildman–Crippen LogP) is 3.19. The molecule has 0 bridgehead atoms. The number of nitrogens with zero attached hydrogens (tertiary/aromatic N) is 3. The molecule has 0 aliphatic rings. The van der Waals surface area contributed by atoms with Crippen LogP contribution >= 0.6 is 11.6 Å². The first kappa shape index (κ1) is 10.9. The molecular weight excluding hydrogens is 248 g/mol. The SMILES string of the molecule is Clc1ccccc1-c1ccc(-c2nn[nH]n2)cc1. The van der Waals surface area contributed by atoms with Crippen LogP contribution in [0.2, 0.25) is 5.02 Å². The van der Waals surface area contributed by atoms with Gasteiger partial charge in [0.1, 0.15) is 0 Å². The van der Waals surface area contributed by atoms with Crippen molar-refractivity contribution in [3.05, 3.63) is 53.6 Å². The number of tetrazole rings is 1. The molecule has 0 aliphatic heterocycles. The van der Waals surface area contributed by atoms with Crippen molar-refractivity contribution in [1.82, 2.24) is 20.6 Å². The van der Waals surface area contributed by atoms with Crippen molar-refractivity contribution in [3.63, 3.8) is 0 Å². The van der Waals surface area contributed by atoms with Gasteiger partial charge in [-0.15, -0.1) is 10.2 Å². The Labute approximate surface area is 109 Å². The molecule has 0 unspecified atom stereocenters. The quantitative estimate of drug-likeness (QED) is 0.766. The van der Waals surface area contributed by atoms with Gasteiger partial charge in [-0.1, -0.05) is 54.1 Å². The molecule has 0 saturated carbocycles. The van der Waals surface area contributed by atoms with Crippen LogP contribution in [0.1, 0.15) is 0 Å². The van der Waals surface area contributed by atoms with E-state index < -0.39 is 0 Å². The zero-order valence-corrected chi connectivity index (χ0v) is 10.1. The molecule has 1 N–H and O–H groups in total. The highest BCUT2D eigenvalue weighted by atomic mass is 35.5. The molecule has 3 aromatic rings. The number of hydrogen-bond donors (Lipinski definition) is 1. The first-order valence-corrected chi connectivity index (χ1v) is 5.81. The number of aromatic amines is 1. The summed E-state index contributed by atoms with van der Waals surface area (Å²) in [6.45, 7) is 0. The van der Waals surface area contributed by atoms with Gasteiger partial charge in [0.2, 0.25) is 5.82 Å². The highest BCUT2D eigenvalue weighted by Gasteiger charge is 2.05. The lowest BCUT2D eigenvalue weighted by atomic mass is 10.0. The highest BCUT2D eigenvalue weighted by molar-refractivity contribution is 6.33. The van der Waals surface area contributed by atoms with Gasteiger partial charge in [0.25, 0.3) is 0 Å². The number of nitrogens with one attached hydrogen (secondary N) is 1. The Kier molecular flexibility index (Phi) is 2.78. The summed E-state index contributed by atoms with van der Waals surface area (Å²) in [5.41, 5.74) is 2.99. The van der Waals surface area contributed by atoms with Crippen molar-refractivity contribution in [3.8, 4) is 22.5 Å². The summed E-state index contributed by atoms with van der Waals surface area (Å²) in [5, 5.41) is 14.6. The van der Waals surface area contributed by atoms with E-state index in [2.05, 4.69) is 20.6 Å². The molecule has 0 atom stereocenters. The average molecular weight is 257 g/mol. The Morgan fingerprint density at radius 3 is 2.28 bits per heavy atom. The third-order valence-corrected chi connectivity index (χ3v) is 3.00. The molecule has 5 heteroatoms. The minimum atomic E-state index is 0.584. The minimum absolute atomic E-state index is 0.584. The Morgan fingerprint density at radius 2 is 1.61 bits per heavy atom. The average Bonchev–Trinajstić information content (AvgIpc) is 2.94. The molecular formula is C13H9ClN4. The second-order valence-corrected chi connectivity index (χ2v) is 4.20. The number of H-pyrrole nitrogens is 1. The molecule has 88 valence electrons. The van der Waals surface area contributed by atoms with E-state index in [1.165, 1.54) is 0 Å². The molecule has 0 amide bonds. The molecule has 4 nitrogen and oxygen atoms in total. The smallest absolute Gasteiger partial charge is 0.177 e. The van der Waals surface area contributed by atoms with Crippen molar-refractivity contribution in [1.29, 1.82) is 0 Å². The van der Waals surface area contributed by atoms with Crippen LogP contribution in [0.15, 0.2) is 48.5 Å². The lowest BCUT2D eigenvalue weighted by molar-refractivity contribution is 0.881. The molecule has 2 aromatic carbocycles. The zero-order valence-electron chi connectivity index (χ0n) is 9.34. The van der Waals surface area contributed by atoms with E-state index >= 15 is 0 Å². The molecule has 0 spiro atoms. The van der Waals surface area contributed by atoms with Gasteiger partial charge in [0.05, 0.1) is 0 Å². The third-order valence-electron chi connectivity index (χ3n) is 2.67. The second-order valence-electron chi connectivity index (χ2n) is 3.79. The topological polar surface area (TPSA) is 54.5 Å². The molecule has 3 rings (SSSR count). The van der Waals surface area contributed by atoms with Gasteiger partial charge in [0.15, 0.2) is 0 Å². The van der Waals surface area contributed by atoms with E-state index in [9.17, 15) is 0 Å². The summed E-state index contributed by atoms with van der Waals surface area (Å²) in [4.78, 5) is 0. The first-order chi connectivity index (χ1) is 8.84. The van der Waals surface area contributed by atoms with Crippen LogP contribution in [0.5, 0.6) is 0 Å². The minimum Gasteiger partial charge on any atom is -0.177 e. The van der Waals surface area contributed by atoms with E-state index in [0.29, 0.717) is 5.82 Å². The fraction of sp³-hybridized carbons (Fsp3) is 0. The Morgan fingerprint density at radius 1 is 0.889 bits per heavy atom. The maximum atomic E-state index is 6.16. The highest BCUT2D eigenvalue weighted by Crippen LogP contribution is 2.28. The fourth-order valence-electron chi connectivity index (χ4n) is 1.78. The first-order valence-electron chi connectivity index (χ1n) is 5.43. The van der Waals surface area contributed by atoms with Gasteiger partial charge in [-0.05, 0) is 16.8 Å². The van der Waals surface area contributed by atoms with E-state index in [1.807, 2.05) is 48.5 Å². The van der Waals surface area contributed by atoms with E-state index in [-0.39, 0.29) is 0 Å². The Balaban J connectivity index is 1.99. The summed E-state index contributed by atoms with van der Waals surface area (Å²) in [6.07, 6.45) is 0. The van der Waals surface area contributed by atoms with Gasteiger partial charge in [-0.2, -0.15) is 5.21 Å². The number of rotatable bonds is 2. The molecule has 0 fully saturated rings. The van der Waals surface area contributed by atoms with Gasteiger partial charge in [-0.25, -0.2) is 0 Å².